The highest BCUT2D eigenvalue weighted by Gasteiger charge is 2.27. The molecule has 2 aliphatic rings. The van der Waals surface area contributed by atoms with E-state index in [1.54, 1.807) is 21.9 Å². The zero-order valence-electron chi connectivity index (χ0n) is 19.1. The number of nitrogens with one attached hydrogen (secondary N) is 1. The normalized spacial score (nSPS) is 17.5. The maximum Gasteiger partial charge on any atom is 0.254 e. The fourth-order valence-electron chi connectivity index (χ4n) is 4.05. The van der Waals surface area contributed by atoms with Gasteiger partial charge in [-0.2, -0.15) is 0 Å². The van der Waals surface area contributed by atoms with E-state index in [0.29, 0.717) is 51.5 Å². The number of rotatable bonds is 7. The van der Waals surface area contributed by atoms with E-state index >= 15 is 0 Å². The summed E-state index contributed by atoms with van der Waals surface area (Å²) in [5, 5.41) is 0. The zero-order chi connectivity index (χ0) is 24.0. The lowest BCUT2D eigenvalue weighted by Gasteiger charge is -2.36. The predicted octanol–water partition coefficient (Wildman–Crippen LogP) is 0.782. The van der Waals surface area contributed by atoms with Crippen molar-refractivity contribution in [2.75, 3.05) is 59.0 Å². The molecular weight excluding hydrogens is 456 g/mol. The summed E-state index contributed by atoms with van der Waals surface area (Å²) in [5.41, 5.74) is 1.16. The SMILES string of the molecule is O=C(CN1CCOCC1)N1CCN(C(=O)c2cccc(S(=O)(=O)NCc3ccccc3)c2)CC1. The molecule has 2 amide bonds. The molecule has 0 aromatic heterocycles. The minimum Gasteiger partial charge on any atom is -0.379 e. The number of piperazine rings is 1. The van der Waals surface area contributed by atoms with Crippen molar-refractivity contribution in [3.8, 4) is 0 Å². The van der Waals surface area contributed by atoms with Gasteiger partial charge in [-0.3, -0.25) is 14.5 Å². The molecule has 9 nitrogen and oxygen atoms in total. The lowest BCUT2D eigenvalue weighted by atomic mass is 10.2. The highest BCUT2D eigenvalue weighted by atomic mass is 32.2. The lowest BCUT2D eigenvalue weighted by molar-refractivity contribution is -0.134. The highest BCUT2D eigenvalue weighted by molar-refractivity contribution is 7.89. The van der Waals surface area contributed by atoms with Gasteiger partial charge in [-0.15, -0.1) is 0 Å². The molecule has 0 aliphatic carbocycles. The van der Waals surface area contributed by atoms with Crippen LogP contribution in [0.15, 0.2) is 59.5 Å². The van der Waals surface area contributed by atoms with Crippen LogP contribution in [0.5, 0.6) is 0 Å². The van der Waals surface area contributed by atoms with Crippen molar-refractivity contribution in [2.24, 2.45) is 0 Å². The van der Waals surface area contributed by atoms with E-state index in [0.717, 1.165) is 18.7 Å². The van der Waals surface area contributed by atoms with Gasteiger partial charge in [0.2, 0.25) is 15.9 Å². The van der Waals surface area contributed by atoms with Gasteiger partial charge in [0.15, 0.2) is 0 Å². The first-order chi connectivity index (χ1) is 16.4. The number of benzene rings is 2. The lowest BCUT2D eigenvalue weighted by Crippen LogP contribution is -2.53. The topological polar surface area (TPSA) is 99.3 Å². The molecule has 2 aromatic carbocycles. The molecular formula is C24H30N4O5S. The first kappa shape index (κ1) is 24.3. The van der Waals surface area contributed by atoms with Crippen LogP contribution in [0.25, 0.3) is 0 Å². The molecule has 34 heavy (non-hydrogen) atoms. The van der Waals surface area contributed by atoms with Gasteiger partial charge in [0.1, 0.15) is 0 Å². The number of ether oxygens (including phenoxy) is 1. The third-order valence-electron chi connectivity index (χ3n) is 6.08. The van der Waals surface area contributed by atoms with Crippen molar-refractivity contribution < 1.29 is 22.7 Å². The van der Waals surface area contributed by atoms with Crippen molar-refractivity contribution in [3.05, 3.63) is 65.7 Å². The van der Waals surface area contributed by atoms with Crippen LogP contribution in [0.3, 0.4) is 0 Å². The van der Waals surface area contributed by atoms with Gasteiger partial charge in [0.25, 0.3) is 5.91 Å². The molecule has 0 saturated carbocycles. The Hall–Kier alpha value is -2.79. The van der Waals surface area contributed by atoms with Crippen molar-refractivity contribution in [2.45, 2.75) is 11.4 Å². The van der Waals surface area contributed by atoms with E-state index in [1.807, 2.05) is 30.3 Å². The number of carbonyl (C=O) groups is 2. The van der Waals surface area contributed by atoms with E-state index in [2.05, 4.69) is 9.62 Å². The molecule has 2 fully saturated rings. The summed E-state index contributed by atoms with van der Waals surface area (Å²) >= 11 is 0. The number of nitrogens with zero attached hydrogens (tertiary/aromatic N) is 3. The average molecular weight is 487 g/mol. The van der Waals surface area contributed by atoms with Crippen molar-refractivity contribution in [1.29, 1.82) is 0 Å². The Balaban J connectivity index is 1.33. The van der Waals surface area contributed by atoms with Crippen LogP contribution in [-0.4, -0.2) is 94.0 Å². The second-order valence-corrected chi connectivity index (χ2v) is 10.2. The first-order valence-corrected chi connectivity index (χ1v) is 12.9. The van der Waals surface area contributed by atoms with E-state index in [4.69, 9.17) is 4.74 Å². The van der Waals surface area contributed by atoms with Gasteiger partial charge < -0.3 is 14.5 Å². The van der Waals surface area contributed by atoms with Gasteiger partial charge >= 0.3 is 0 Å². The standard InChI is InChI=1S/C24H30N4O5S/c29-23(19-26-13-15-33-16-14-26)27-9-11-28(12-10-27)24(30)21-7-4-8-22(17-21)34(31,32)25-18-20-5-2-1-3-6-20/h1-8,17,25H,9-16,18-19H2. The second kappa shape index (κ2) is 11.1. The van der Waals surface area contributed by atoms with Crippen molar-refractivity contribution >= 4 is 21.8 Å². The molecule has 10 heteroatoms. The van der Waals surface area contributed by atoms with Crippen LogP contribution in [0.1, 0.15) is 15.9 Å². The highest BCUT2D eigenvalue weighted by Crippen LogP contribution is 2.16. The summed E-state index contributed by atoms with van der Waals surface area (Å²) < 4.78 is 33.4. The molecule has 0 atom stereocenters. The van der Waals surface area contributed by atoms with Gasteiger partial charge in [-0.25, -0.2) is 13.1 Å². The Morgan fingerprint density at radius 3 is 2.24 bits per heavy atom. The average Bonchev–Trinajstić information content (AvgIpc) is 2.88. The fourth-order valence-corrected chi connectivity index (χ4v) is 5.11. The Kier molecular flexibility index (Phi) is 7.94. The number of sulfonamides is 1. The van der Waals surface area contributed by atoms with Gasteiger partial charge in [-0.05, 0) is 23.8 Å². The van der Waals surface area contributed by atoms with Crippen LogP contribution in [0, 0.1) is 0 Å². The van der Waals surface area contributed by atoms with Gasteiger partial charge in [0.05, 0.1) is 24.7 Å². The van der Waals surface area contributed by atoms with Crippen LogP contribution < -0.4 is 4.72 Å². The number of hydrogen-bond acceptors (Lipinski definition) is 6. The summed E-state index contributed by atoms with van der Waals surface area (Å²) in [6, 6.07) is 15.3. The largest absolute Gasteiger partial charge is 0.379 e. The third-order valence-corrected chi connectivity index (χ3v) is 7.48. The Bertz CT molecular complexity index is 1100. The van der Waals surface area contributed by atoms with Crippen LogP contribution in [0.2, 0.25) is 0 Å². The summed E-state index contributed by atoms with van der Waals surface area (Å²) in [5.74, 6) is -0.174. The molecule has 4 rings (SSSR count). The van der Waals surface area contributed by atoms with E-state index in [-0.39, 0.29) is 23.3 Å². The molecule has 2 aliphatic heterocycles. The van der Waals surface area contributed by atoms with E-state index < -0.39 is 10.0 Å². The predicted molar refractivity (Wildman–Crippen MR) is 127 cm³/mol. The van der Waals surface area contributed by atoms with Crippen LogP contribution >= 0.6 is 0 Å². The molecule has 0 spiro atoms. The Morgan fingerprint density at radius 2 is 1.53 bits per heavy atom. The number of amides is 2. The van der Waals surface area contributed by atoms with E-state index in [9.17, 15) is 18.0 Å². The number of morpholine rings is 1. The molecule has 0 unspecified atom stereocenters. The van der Waals surface area contributed by atoms with Gasteiger partial charge in [0, 0.05) is 51.4 Å². The maximum absolute atomic E-state index is 13.0. The third kappa shape index (κ3) is 6.20. The minimum absolute atomic E-state index is 0.0496. The van der Waals surface area contributed by atoms with Crippen LogP contribution in [-0.2, 0) is 26.1 Å². The van der Waals surface area contributed by atoms with Crippen molar-refractivity contribution in [1.82, 2.24) is 19.4 Å². The molecule has 2 saturated heterocycles. The first-order valence-electron chi connectivity index (χ1n) is 11.4. The van der Waals surface area contributed by atoms with Crippen LogP contribution in [0.4, 0.5) is 0 Å². The zero-order valence-corrected chi connectivity index (χ0v) is 19.9. The number of hydrogen-bond donors (Lipinski definition) is 1. The van der Waals surface area contributed by atoms with Crippen molar-refractivity contribution in [3.63, 3.8) is 0 Å². The maximum atomic E-state index is 13.0. The quantitative estimate of drug-likeness (QED) is 0.621. The molecule has 2 aromatic rings. The van der Waals surface area contributed by atoms with E-state index in [1.165, 1.54) is 12.1 Å². The number of carbonyl (C=O) groups excluding carboxylic acids is 2. The molecule has 182 valence electrons. The monoisotopic (exact) mass is 486 g/mol. The smallest absolute Gasteiger partial charge is 0.254 e. The summed E-state index contributed by atoms with van der Waals surface area (Å²) in [7, 11) is -3.77. The minimum atomic E-state index is -3.77. The Labute approximate surface area is 200 Å². The fraction of sp³-hybridized carbons (Fsp3) is 0.417. The second-order valence-electron chi connectivity index (χ2n) is 8.40. The molecule has 1 N–H and O–H groups in total. The summed E-state index contributed by atoms with van der Waals surface area (Å²) in [6.07, 6.45) is 0. The summed E-state index contributed by atoms with van der Waals surface area (Å²) in [6.45, 7) is 5.09. The van der Waals surface area contributed by atoms with Gasteiger partial charge in [-0.1, -0.05) is 36.4 Å². The summed E-state index contributed by atoms with van der Waals surface area (Å²) in [4.78, 5) is 31.2. The molecule has 0 bridgehead atoms. The molecule has 0 radical (unpaired) electrons. The Morgan fingerprint density at radius 1 is 0.853 bits per heavy atom. The molecule has 2 heterocycles.